The first kappa shape index (κ1) is 19.6. The van der Waals surface area contributed by atoms with E-state index >= 15 is 0 Å². The molecule has 4 rings (SSSR count). The predicted molar refractivity (Wildman–Crippen MR) is 115 cm³/mol. The molecule has 1 fully saturated rings. The summed E-state index contributed by atoms with van der Waals surface area (Å²) in [5, 5.41) is 0. The van der Waals surface area contributed by atoms with E-state index in [2.05, 4.69) is 17.0 Å². The number of likely N-dealkylation sites (tertiary alicyclic amines) is 1. The Labute approximate surface area is 172 Å². The summed E-state index contributed by atoms with van der Waals surface area (Å²) >= 11 is 0. The largest absolute Gasteiger partial charge is 0.341 e. The van der Waals surface area contributed by atoms with Crippen molar-refractivity contribution in [2.24, 2.45) is 0 Å². The van der Waals surface area contributed by atoms with Gasteiger partial charge in [-0.1, -0.05) is 42.5 Å². The number of benzene rings is 2. The van der Waals surface area contributed by atoms with Gasteiger partial charge in [0, 0.05) is 31.9 Å². The Bertz CT molecular complexity index is 861. The molecule has 0 N–H and O–H groups in total. The quantitative estimate of drug-likeness (QED) is 0.787. The zero-order chi connectivity index (χ0) is 20.2. The lowest BCUT2D eigenvalue weighted by Gasteiger charge is -2.38. The number of hydrogen-bond donors (Lipinski definition) is 0. The highest BCUT2D eigenvalue weighted by Gasteiger charge is 2.36. The van der Waals surface area contributed by atoms with Crippen molar-refractivity contribution in [3.63, 3.8) is 0 Å². The first-order valence-electron chi connectivity index (χ1n) is 10.6. The molecule has 0 spiro atoms. The minimum absolute atomic E-state index is 0.0392. The maximum absolute atomic E-state index is 13.3. The molecule has 1 atom stereocenters. The zero-order valence-electron chi connectivity index (χ0n) is 17.1. The normalized spacial score (nSPS) is 19.1. The fraction of sp³-hybridized carbons (Fsp3) is 0.417. The van der Waals surface area contributed by atoms with Crippen LogP contribution in [0, 0.1) is 0 Å². The lowest BCUT2D eigenvalue weighted by Crippen LogP contribution is -2.54. The Morgan fingerprint density at radius 1 is 0.966 bits per heavy atom. The first-order chi connectivity index (χ1) is 14.2. The lowest BCUT2D eigenvalue weighted by molar-refractivity contribution is -0.137. The highest BCUT2D eigenvalue weighted by atomic mass is 16.2. The monoisotopic (exact) mass is 391 g/mol. The van der Waals surface area contributed by atoms with Crippen molar-refractivity contribution in [1.29, 1.82) is 0 Å². The topological polar surface area (TPSA) is 43.9 Å². The van der Waals surface area contributed by atoms with Crippen molar-refractivity contribution < 1.29 is 9.59 Å². The molecule has 1 saturated heterocycles. The predicted octanol–water partition coefficient (Wildman–Crippen LogP) is 3.09. The van der Waals surface area contributed by atoms with E-state index in [0.29, 0.717) is 19.5 Å². The fourth-order valence-electron chi connectivity index (χ4n) is 4.51. The highest BCUT2D eigenvalue weighted by molar-refractivity contribution is 5.95. The SMILES string of the molecule is CCN(C(=O)CN1Cc2ccccc2C[C@@H]1C(=O)N1CCCC1)c1ccccc1. The van der Waals surface area contributed by atoms with Crippen LogP contribution in [0.3, 0.4) is 0 Å². The van der Waals surface area contributed by atoms with Crippen molar-refractivity contribution in [1.82, 2.24) is 9.80 Å². The second kappa shape index (κ2) is 8.78. The van der Waals surface area contributed by atoms with E-state index in [4.69, 9.17) is 0 Å². The Hall–Kier alpha value is -2.66. The number of carbonyl (C=O) groups excluding carboxylic acids is 2. The molecule has 0 radical (unpaired) electrons. The smallest absolute Gasteiger partial charge is 0.241 e. The third kappa shape index (κ3) is 4.20. The molecule has 0 saturated carbocycles. The lowest BCUT2D eigenvalue weighted by atomic mass is 9.93. The summed E-state index contributed by atoms with van der Waals surface area (Å²) in [6, 6.07) is 17.8. The molecule has 0 aromatic heterocycles. The van der Waals surface area contributed by atoms with E-state index in [1.807, 2.05) is 54.3 Å². The van der Waals surface area contributed by atoms with Crippen LogP contribution in [0.1, 0.15) is 30.9 Å². The average Bonchev–Trinajstić information content (AvgIpc) is 3.29. The van der Waals surface area contributed by atoms with Crippen molar-refractivity contribution in [3.8, 4) is 0 Å². The summed E-state index contributed by atoms with van der Waals surface area (Å²) in [5.41, 5.74) is 3.34. The van der Waals surface area contributed by atoms with E-state index in [0.717, 1.165) is 31.6 Å². The van der Waals surface area contributed by atoms with E-state index in [9.17, 15) is 9.59 Å². The van der Waals surface area contributed by atoms with Gasteiger partial charge in [0.05, 0.1) is 12.6 Å². The minimum Gasteiger partial charge on any atom is -0.341 e. The zero-order valence-corrected chi connectivity index (χ0v) is 17.1. The Morgan fingerprint density at radius 3 is 2.31 bits per heavy atom. The molecule has 2 aromatic rings. The van der Waals surface area contributed by atoms with Crippen LogP contribution in [-0.2, 0) is 22.6 Å². The minimum atomic E-state index is -0.263. The van der Waals surface area contributed by atoms with Crippen LogP contribution in [0.15, 0.2) is 54.6 Å². The second-order valence-electron chi connectivity index (χ2n) is 7.90. The second-order valence-corrected chi connectivity index (χ2v) is 7.90. The van der Waals surface area contributed by atoms with Gasteiger partial charge < -0.3 is 9.80 Å². The summed E-state index contributed by atoms with van der Waals surface area (Å²) in [6.07, 6.45) is 2.83. The van der Waals surface area contributed by atoms with E-state index in [1.165, 1.54) is 11.1 Å². The van der Waals surface area contributed by atoms with Gasteiger partial charge in [-0.25, -0.2) is 0 Å². The van der Waals surface area contributed by atoms with Gasteiger partial charge in [0.25, 0.3) is 0 Å². The number of amides is 2. The van der Waals surface area contributed by atoms with Crippen LogP contribution in [0.2, 0.25) is 0 Å². The molecule has 5 nitrogen and oxygen atoms in total. The third-order valence-electron chi connectivity index (χ3n) is 6.07. The third-order valence-corrected chi connectivity index (χ3v) is 6.07. The summed E-state index contributed by atoms with van der Waals surface area (Å²) in [6.45, 7) is 5.16. The maximum atomic E-state index is 13.3. The molecule has 5 heteroatoms. The van der Waals surface area contributed by atoms with E-state index in [1.54, 1.807) is 4.90 Å². The van der Waals surface area contributed by atoms with Gasteiger partial charge in [-0.2, -0.15) is 0 Å². The summed E-state index contributed by atoms with van der Waals surface area (Å²) < 4.78 is 0. The number of hydrogen-bond acceptors (Lipinski definition) is 3. The van der Waals surface area contributed by atoms with Gasteiger partial charge in [-0.05, 0) is 49.4 Å². The van der Waals surface area contributed by atoms with Gasteiger partial charge >= 0.3 is 0 Å². The standard InChI is InChI=1S/C24H29N3O2/c1-2-27(21-12-4-3-5-13-21)23(28)18-26-17-20-11-7-6-10-19(20)16-22(26)24(29)25-14-8-9-15-25/h3-7,10-13,22H,2,8-9,14-18H2,1H3/t22-/m1/s1. The van der Waals surface area contributed by atoms with Crippen molar-refractivity contribution in [3.05, 3.63) is 65.7 Å². The molecule has 2 aromatic carbocycles. The molecule has 0 unspecified atom stereocenters. The molecule has 0 bridgehead atoms. The summed E-state index contributed by atoms with van der Waals surface area (Å²) in [7, 11) is 0. The van der Waals surface area contributed by atoms with E-state index < -0.39 is 0 Å². The van der Waals surface area contributed by atoms with Gasteiger partial charge in [-0.15, -0.1) is 0 Å². The molecule has 2 aliphatic rings. The van der Waals surface area contributed by atoms with Crippen LogP contribution in [0.5, 0.6) is 0 Å². The molecular formula is C24H29N3O2. The van der Waals surface area contributed by atoms with Crippen LogP contribution in [-0.4, -0.2) is 53.8 Å². The number of rotatable bonds is 5. The number of nitrogens with zero attached hydrogens (tertiary/aromatic N) is 3. The molecule has 0 aliphatic carbocycles. The molecule has 2 amide bonds. The molecule has 152 valence electrons. The Morgan fingerprint density at radius 2 is 1.62 bits per heavy atom. The van der Waals surface area contributed by atoms with Gasteiger partial charge in [0.15, 0.2) is 0 Å². The Balaban J connectivity index is 1.56. The number of carbonyl (C=O) groups is 2. The molecule has 2 heterocycles. The fourth-order valence-corrected chi connectivity index (χ4v) is 4.51. The number of para-hydroxylation sites is 1. The van der Waals surface area contributed by atoms with Crippen molar-refractivity contribution in [2.75, 3.05) is 31.1 Å². The van der Waals surface area contributed by atoms with Crippen LogP contribution >= 0.6 is 0 Å². The average molecular weight is 392 g/mol. The van der Waals surface area contributed by atoms with Gasteiger partial charge in [0.1, 0.15) is 0 Å². The Kier molecular flexibility index (Phi) is 5.95. The van der Waals surface area contributed by atoms with Gasteiger partial charge in [-0.3, -0.25) is 14.5 Å². The number of fused-ring (bicyclic) bond motifs is 1. The van der Waals surface area contributed by atoms with Crippen LogP contribution < -0.4 is 4.90 Å². The highest BCUT2D eigenvalue weighted by Crippen LogP contribution is 2.26. The summed E-state index contributed by atoms with van der Waals surface area (Å²) in [5.74, 6) is 0.213. The van der Waals surface area contributed by atoms with E-state index in [-0.39, 0.29) is 24.4 Å². The molecule has 29 heavy (non-hydrogen) atoms. The van der Waals surface area contributed by atoms with Crippen molar-refractivity contribution >= 4 is 17.5 Å². The van der Waals surface area contributed by atoms with Crippen LogP contribution in [0.25, 0.3) is 0 Å². The molecule has 2 aliphatic heterocycles. The maximum Gasteiger partial charge on any atom is 0.241 e. The van der Waals surface area contributed by atoms with Gasteiger partial charge in [0.2, 0.25) is 11.8 Å². The molecular weight excluding hydrogens is 362 g/mol. The summed E-state index contributed by atoms with van der Waals surface area (Å²) in [4.78, 5) is 32.3. The number of anilines is 1. The number of likely N-dealkylation sites (N-methyl/N-ethyl adjacent to an activating group) is 1. The van der Waals surface area contributed by atoms with Crippen LogP contribution in [0.4, 0.5) is 5.69 Å². The van der Waals surface area contributed by atoms with Crippen molar-refractivity contribution in [2.45, 2.75) is 38.8 Å². The first-order valence-corrected chi connectivity index (χ1v) is 10.6.